The molecular weight excluding hydrogens is 241 g/mol. The first kappa shape index (κ1) is 13.6. The van der Waals surface area contributed by atoms with Crippen molar-refractivity contribution in [3.8, 4) is 0 Å². The van der Waals surface area contributed by atoms with Crippen LogP contribution in [0.1, 0.15) is 18.1 Å². The van der Waals surface area contributed by atoms with Gasteiger partial charge in [0.15, 0.2) is 0 Å². The second kappa shape index (κ2) is 5.85. The summed E-state index contributed by atoms with van der Waals surface area (Å²) >= 11 is 0. The van der Waals surface area contributed by atoms with Gasteiger partial charge in [-0.1, -0.05) is 18.2 Å². The van der Waals surface area contributed by atoms with Crippen LogP contribution in [0.4, 0.5) is 15.8 Å². The number of nitrogens with zero attached hydrogens (tertiary/aromatic N) is 1. The number of rotatable bonds is 4. The highest BCUT2D eigenvalue weighted by atomic mass is 19.1. The van der Waals surface area contributed by atoms with E-state index in [2.05, 4.69) is 0 Å². The Bertz CT molecular complexity index is 568. The van der Waals surface area contributed by atoms with Crippen LogP contribution in [0.5, 0.6) is 0 Å². The zero-order valence-electron chi connectivity index (χ0n) is 11.2. The van der Waals surface area contributed by atoms with Crippen LogP contribution in [0.2, 0.25) is 0 Å². The van der Waals surface area contributed by atoms with Crippen molar-refractivity contribution in [2.45, 2.75) is 20.5 Å². The van der Waals surface area contributed by atoms with E-state index in [1.807, 2.05) is 43.0 Å². The number of aryl methyl sites for hydroxylation is 1. The molecule has 2 aromatic carbocycles. The molecule has 0 saturated heterocycles. The fourth-order valence-corrected chi connectivity index (χ4v) is 2.16. The Hall–Kier alpha value is -1.87. The van der Waals surface area contributed by atoms with Crippen LogP contribution in [0.15, 0.2) is 42.5 Å². The normalized spacial score (nSPS) is 10.5. The Morgan fingerprint density at radius 1 is 1.16 bits per heavy atom. The molecule has 0 unspecified atom stereocenters. The summed E-state index contributed by atoms with van der Waals surface area (Å²) in [5.41, 5.74) is 3.23. The van der Waals surface area contributed by atoms with Crippen LogP contribution in [-0.2, 0) is 6.61 Å². The zero-order valence-corrected chi connectivity index (χ0v) is 11.2. The van der Waals surface area contributed by atoms with E-state index in [1.54, 1.807) is 12.1 Å². The second-order valence-corrected chi connectivity index (χ2v) is 4.53. The van der Waals surface area contributed by atoms with Crippen molar-refractivity contribution in [2.24, 2.45) is 0 Å². The first-order chi connectivity index (χ1) is 9.15. The average molecular weight is 259 g/mol. The smallest absolute Gasteiger partial charge is 0.147 e. The van der Waals surface area contributed by atoms with Crippen LogP contribution in [0, 0.1) is 12.7 Å². The van der Waals surface area contributed by atoms with Crippen LogP contribution in [-0.4, -0.2) is 11.7 Å². The van der Waals surface area contributed by atoms with Crippen LogP contribution >= 0.6 is 0 Å². The molecule has 2 aromatic rings. The fraction of sp³-hybridized carbons (Fsp3) is 0.250. The lowest BCUT2D eigenvalue weighted by molar-refractivity contribution is 0.281. The number of hydrogen-bond acceptors (Lipinski definition) is 2. The molecular formula is C16H18FNO. The SMILES string of the molecule is CCN(c1cccc(C)c1)c1ccc(CO)cc1F. The first-order valence-electron chi connectivity index (χ1n) is 6.39. The quantitative estimate of drug-likeness (QED) is 0.903. The molecule has 0 spiro atoms. The van der Waals surface area contributed by atoms with Gasteiger partial charge in [0.2, 0.25) is 0 Å². The van der Waals surface area contributed by atoms with E-state index in [-0.39, 0.29) is 12.4 Å². The van der Waals surface area contributed by atoms with Crippen LogP contribution < -0.4 is 4.90 Å². The van der Waals surface area contributed by atoms with Gasteiger partial charge < -0.3 is 10.0 Å². The van der Waals surface area contributed by atoms with Gasteiger partial charge in [-0.05, 0) is 49.2 Å². The third kappa shape index (κ3) is 2.93. The van der Waals surface area contributed by atoms with Crippen LogP contribution in [0.3, 0.4) is 0 Å². The predicted molar refractivity (Wildman–Crippen MR) is 76.2 cm³/mol. The van der Waals surface area contributed by atoms with Gasteiger partial charge in [-0.2, -0.15) is 0 Å². The maximum atomic E-state index is 14.1. The maximum absolute atomic E-state index is 14.1. The lowest BCUT2D eigenvalue weighted by atomic mass is 10.1. The Labute approximate surface area is 113 Å². The van der Waals surface area contributed by atoms with Gasteiger partial charge in [0, 0.05) is 12.2 Å². The molecule has 0 bridgehead atoms. The summed E-state index contributed by atoms with van der Waals surface area (Å²) in [6, 6.07) is 12.8. The number of benzene rings is 2. The highest BCUT2D eigenvalue weighted by molar-refractivity contribution is 5.64. The predicted octanol–water partition coefficient (Wildman–Crippen LogP) is 3.78. The molecule has 100 valence electrons. The summed E-state index contributed by atoms with van der Waals surface area (Å²) in [4.78, 5) is 1.92. The second-order valence-electron chi connectivity index (χ2n) is 4.53. The lowest BCUT2D eigenvalue weighted by Crippen LogP contribution is -2.17. The Kier molecular flexibility index (Phi) is 4.17. The van der Waals surface area contributed by atoms with Gasteiger partial charge in [-0.3, -0.25) is 0 Å². The number of halogens is 1. The topological polar surface area (TPSA) is 23.5 Å². The minimum atomic E-state index is -0.310. The molecule has 0 aliphatic heterocycles. The molecule has 2 nitrogen and oxygen atoms in total. The number of aliphatic hydroxyl groups excluding tert-OH is 1. The lowest BCUT2D eigenvalue weighted by Gasteiger charge is -2.24. The third-order valence-electron chi connectivity index (χ3n) is 3.12. The standard InChI is InChI=1S/C16H18FNO/c1-3-18(14-6-4-5-12(2)9-14)16-8-7-13(11-19)10-15(16)17/h4-10,19H,3,11H2,1-2H3. The summed E-state index contributed by atoms with van der Waals surface area (Å²) in [7, 11) is 0. The summed E-state index contributed by atoms with van der Waals surface area (Å²) < 4.78 is 14.1. The molecule has 3 heteroatoms. The van der Waals surface area contributed by atoms with Crippen molar-refractivity contribution in [3.63, 3.8) is 0 Å². The van der Waals surface area contributed by atoms with Crippen molar-refractivity contribution in [2.75, 3.05) is 11.4 Å². The molecule has 0 aromatic heterocycles. The largest absolute Gasteiger partial charge is 0.392 e. The van der Waals surface area contributed by atoms with E-state index in [0.717, 1.165) is 11.3 Å². The molecule has 19 heavy (non-hydrogen) atoms. The van der Waals surface area contributed by atoms with Crippen molar-refractivity contribution in [1.29, 1.82) is 0 Å². The minimum Gasteiger partial charge on any atom is -0.392 e. The number of hydrogen-bond donors (Lipinski definition) is 1. The minimum absolute atomic E-state index is 0.145. The van der Waals surface area contributed by atoms with E-state index >= 15 is 0 Å². The van der Waals surface area contributed by atoms with E-state index in [0.29, 0.717) is 17.8 Å². The molecule has 2 rings (SSSR count). The van der Waals surface area contributed by atoms with E-state index in [9.17, 15) is 4.39 Å². The van der Waals surface area contributed by atoms with E-state index < -0.39 is 0 Å². The summed E-state index contributed by atoms with van der Waals surface area (Å²) in [6.07, 6.45) is 0. The highest BCUT2D eigenvalue weighted by Gasteiger charge is 2.12. The third-order valence-corrected chi connectivity index (χ3v) is 3.12. The van der Waals surface area contributed by atoms with Gasteiger partial charge >= 0.3 is 0 Å². The van der Waals surface area contributed by atoms with Gasteiger partial charge in [-0.15, -0.1) is 0 Å². The molecule has 0 saturated carbocycles. The van der Waals surface area contributed by atoms with Crippen molar-refractivity contribution >= 4 is 11.4 Å². The monoisotopic (exact) mass is 259 g/mol. The molecule has 0 radical (unpaired) electrons. The zero-order chi connectivity index (χ0) is 13.8. The molecule has 0 heterocycles. The van der Waals surface area contributed by atoms with Gasteiger partial charge in [0.05, 0.1) is 12.3 Å². The summed E-state index contributed by atoms with van der Waals surface area (Å²) in [5, 5.41) is 9.02. The molecule has 0 aliphatic rings. The van der Waals surface area contributed by atoms with Crippen molar-refractivity contribution in [1.82, 2.24) is 0 Å². The van der Waals surface area contributed by atoms with Gasteiger partial charge in [0.1, 0.15) is 5.82 Å². The van der Waals surface area contributed by atoms with Crippen LogP contribution in [0.25, 0.3) is 0 Å². The molecule has 0 atom stereocenters. The number of anilines is 2. The molecule has 0 amide bonds. The van der Waals surface area contributed by atoms with Crippen molar-refractivity contribution in [3.05, 3.63) is 59.4 Å². The average Bonchev–Trinajstić information content (AvgIpc) is 2.41. The highest BCUT2D eigenvalue weighted by Crippen LogP contribution is 2.28. The van der Waals surface area contributed by atoms with Gasteiger partial charge in [-0.25, -0.2) is 4.39 Å². The van der Waals surface area contributed by atoms with Crippen molar-refractivity contribution < 1.29 is 9.50 Å². The Balaban J connectivity index is 2.42. The maximum Gasteiger partial charge on any atom is 0.147 e. The molecule has 0 fully saturated rings. The van der Waals surface area contributed by atoms with Gasteiger partial charge in [0.25, 0.3) is 0 Å². The number of aliphatic hydroxyl groups is 1. The van der Waals surface area contributed by atoms with E-state index in [4.69, 9.17) is 5.11 Å². The first-order valence-corrected chi connectivity index (χ1v) is 6.39. The fourth-order valence-electron chi connectivity index (χ4n) is 2.16. The van der Waals surface area contributed by atoms with E-state index in [1.165, 1.54) is 6.07 Å². The molecule has 1 N–H and O–H groups in total. The summed E-state index contributed by atoms with van der Waals surface area (Å²) in [6.45, 7) is 4.54. The molecule has 0 aliphatic carbocycles. The Morgan fingerprint density at radius 3 is 2.53 bits per heavy atom. The Morgan fingerprint density at radius 2 is 1.95 bits per heavy atom. The summed E-state index contributed by atoms with van der Waals surface area (Å²) in [5.74, 6) is -0.310.